The summed E-state index contributed by atoms with van der Waals surface area (Å²) in [5.41, 5.74) is 1.53. The van der Waals surface area contributed by atoms with E-state index < -0.39 is 0 Å². The predicted molar refractivity (Wildman–Crippen MR) is 71.7 cm³/mol. The number of nitrogens with zero attached hydrogens (tertiary/aromatic N) is 1. The topological polar surface area (TPSA) is 12.5 Å². The average Bonchev–Trinajstić information content (AvgIpc) is 2.34. The van der Waals surface area contributed by atoms with Crippen LogP contribution in [0.15, 0.2) is 24.3 Å². The van der Waals surface area contributed by atoms with Gasteiger partial charge in [0.15, 0.2) is 0 Å². The molecule has 1 aliphatic heterocycles. The summed E-state index contributed by atoms with van der Waals surface area (Å²) < 4.78 is 5.45. The van der Waals surface area contributed by atoms with Gasteiger partial charge in [-0.05, 0) is 50.7 Å². The number of hydrogen-bond donors (Lipinski definition) is 0. The van der Waals surface area contributed by atoms with E-state index in [1.807, 2.05) is 12.1 Å². The van der Waals surface area contributed by atoms with Gasteiger partial charge >= 0.3 is 0 Å². The second kappa shape index (κ2) is 5.38. The molecule has 1 heterocycles. The predicted octanol–water partition coefficient (Wildman–Crippen LogP) is 2.95. The summed E-state index contributed by atoms with van der Waals surface area (Å²) >= 11 is 5.96. The molecule has 0 atom stereocenters. The highest BCUT2D eigenvalue weighted by Crippen LogP contribution is 2.35. The number of piperidine rings is 1. The molecule has 0 amide bonds. The lowest BCUT2D eigenvalue weighted by molar-refractivity contribution is 0.0809. The molecular weight excluding hydrogens is 234 g/mol. The molecule has 94 valence electrons. The van der Waals surface area contributed by atoms with E-state index >= 15 is 0 Å². The quantitative estimate of drug-likeness (QED) is 0.821. The number of hydrogen-bond acceptors (Lipinski definition) is 2. The Morgan fingerprint density at radius 2 is 1.82 bits per heavy atom. The minimum Gasteiger partial charge on any atom is -0.384 e. The van der Waals surface area contributed by atoms with Crippen LogP contribution in [-0.2, 0) is 10.2 Å². The average molecular weight is 254 g/mol. The molecule has 17 heavy (non-hydrogen) atoms. The van der Waals surface area contributed by atoms with Crippen molar-refractivity contribution in [1.82, 2.24) is 4.90 Å². The summed E-state index contributed by atoms with van der Waals surface area (Å²) in [5, 5.41) is 0.800. The zero-order chi connectivity index (χ0) is 12.3. The van der Waals surface area contributed by atoms with Gasteiger partial charge in [-0.15, -0.1) is 0 Å². The van der Waals surface area contributed by atoms with Crippen LogP contribution in [0.2, 0.25) is 5.02 Å². The number of halogens is 1. The first-order valence-corrected chi connectivity index (χ1v) is 6.48. The zero-order valence-corrected chi connectivity index (χ0v) is 11.3. The molecule has 0 radical (unpaired) electrons. The van der Waals surface area contributed by atoms with Gasteiger partial charge in [0.2, 0.25) is 0 Å². The SMILES string of the molecule is COCC1(c2ccc(Cl)cc2)CCN(C)CC1. The van der Waals surface area contributed by atoms with Gasteiger partial charge in [0.25, 0.3) is 0 Å². The second-order valence-electron chi connectivity index (χ2n) is 5.02. The normalized spacial score (nSPS) is 20.4. The molecule has 0 aromatic heterocycles. The lowest BCUT2D eigenvalue weighted by Crippen LogP contribution is -2.43. The maximum Gasteiger partial charge on any atom is 0.0560 e. The summed E-state index contributed by atoms with van der Waals surface area (Å²) in [7, 11) is 3.97. The second-order valence-corrected chi connectivity index (χ2v) is 5.46. The molecule has 1 saturated heterocycles. The van der Waals surface area contributed by atoms with Gasteiger partial charge < -0.3 is 9.64 Å². The van der Waals surface area contributed by atoms with Crippen LogP contribution in [0.25, 0.3) is 0 Å². The van der Waals surface area contributed by atoms with Crippen LogP contribution in [-0.4, -0.2) is 38.8 Å². The highest BCUT2D eigenvalue weighted by molar-refractivity contribution is 6.30. The molecule has 0 unspecified atom stereocenters. The molecule has 0 aliphatic carbocycles. The van der Waals surface area contributed by atoms with E-state index in [-0.39, 0.29) is 5.41 Å². The Labute approximate surface area is 109 Å². The number of likely N-dealkylation sites (tertiary alicyclic amines) is 1. The first-order chi connectivity index (χ1) is 8.16. The summed E-state index contributed by atoms with van der Waals surface area (Å²) in [6, 6.07) is 8.25. The summed E-state index contributed by atoms with van der Waals surface area (Å²) in [5.74, 6) is 0. The van der Waals surface area contributed by atoms with Crippen LogP contribution in [0.5, 0.6) is 0 Å². The number of methoxy groups -OCH3 is 1. The first kappa shape index (κ1) is 12.9. The van der Waals surface area contributed by atoms with E-state index in [0.717, 1.165) is 37.6 Å². The van der Waals surface area contributed by atoms with Crippen molar-refractivity contribution in [3.63, 3.8) is 0 Å². The van der Waals surface area contributed by atoms with Gasteiger partial charge in [-0.25, -0.2) is 0 Å². The smallest absolute Gasteiger partial charge is 0.0560 e. The van der Waals surface area contributed by atoms with E-state index in [4.69, 9.17) is 16.3 Å². The highest BCUT2D eigenvalue weighted by Gasteiger charge is 2.35. The maximum atomic E-state index is 5.96. The molecule has 0 N–H and O–H groups in total. The Morgan fingerprint density at radius 1 is 1.24 bits per heavy atom. The van der Waals surface area contributed by atoms with E-state index in [2.05, 4.69) is 24.1 Å². The van der Waals surface area contributed by atoms with Gasteiger partial charge in [0, 0.05) is 17.5 Å². The van der Waals surface area contributed by atoms with Crippen molar-refractivity contribution >= 4 is 11.6 Å². The monoisotopic (exact) mass is 253 g/mol. The summed E-state index contributed by atoms with van der Waals surface area (Å²) in [6.07, 6.45) is 2.30. The van der Waals surface area contributed by atoms with Crippen LogP contribution < -0.4 is 0 Å². The first-order valence-electron chi connectivity index (χ1n) is 6.10. The molecule has 1 aromatic rings. The molecule has 0 saturated carbocycles. The fourth-order valence-electron chi connectivity index (χ4n) is 2.64. The van der Waals surface area contributed by atoms with Gasteiger partial charge in [-0.2, -0.15) is 0 Å². The molecule has 2 nitrogen and oxygen atoms in total. The number of ether oxygens (including phenoxy) is 1. The molecule has 0 spiro atoms. The van der Waals surface area contributed by atoms with E-state index in [1.54, 1.807) is 7.11 Å². The van der Waals surface area contributed by atoms with Crippen LogP contribution in [0.1, 0.15) is 18.4 Å². The molecule has 1 aliphatic rings. The molecule has 0 bridgehead atoms. The third kappa shape index (κ3) is 2.82. The Balaban J connectivity index is 2.24. The summed E-state index contributed by atoms with van der Waals surface area (Å²) in [4.78, 5) is 2.38. The zero-order valence-electron chi connectivity index (χ0n) is 10.6. The van der Waals surface area contributed by atoms with Gasteiger partial charge in [0.05, 0.1) is 6.61 Å². The molecule has 1 fully saturated rings. The van der Waals surface area contributed by atoms with Crippen molar-refractivity contribution < 1.29 is 4.74 Å². The van der Waals surface area contributed by atoms with Crippen molar-refractivity contribution in [3.05, 3.63) is 34.9 Å². The number of benzene rings is 1. The van der Waals surface area contributed by atoms with Crippen LogP contribution >= 0.6 is 11.6 Å². The maximum absolute atomic E-state index is 5.96. The Bertz CT molecular complexity index is 355. The standard InChI is InChI=1S/C14H20ClNO/c1-16-9-7-14(8-10-16,11-17-2)12-3-5-13(15)6-4-12/h3-6H,7-11H2,1-2H3. The Morgan fingerprint density at radius 3 is 2.35 bits per heavy atom. The minimum absolute atomic E-state index is 0.172. The molecular formula is C14H20ClNO. The van der Waals surface area contributed by atoms with Crippen LogP contribution in [0, 0.1) is 0 Å². The largest absolute Gasteiger partial charge is 0.384 e. The lowest BCUT2D eigenvalue weighted by atomic mass is 9.73. The Hall–Kier alpha value is -0.570. The molecule has 2 rings (SSSR count). The van der Waals surface area contributed by atoms with Gasteiger partial charge in [-0.3, -0.25) is 0 Å². The van der Waals surface area contributed by atoms with Crippen molar-refractivity contribution in [3.8, 4) is 0 Å². The van der Waals surface area contributed by atoms with Gasteiger partial charge in [0.1, 0.15) is 0 Å². The Kier molecular flexibility index (Phi) is 4.08. The third-order valence-electron chi connectivity index (χ3n) is 3.82. The minimum atomic E-state index is 0.172. The van der Waals surface area contributed by atoms with Crippen molar-refractivity contribution in [1.29, 1.82) is 0 Å². The molecule has 1 aromatic carbocycles. The van der Waals surface area contributed by atoms with E-state index in [1.165, 1.54) is 5.56 Å². The van der Waals surface area contributed by atoms with E-state index in [9.17, 15) is 0 Å². The van der Waals surface area contributed by atoms with Crippen LogP contribution in [0.4, 0.5) is 0 Å². The lowest BCUT2D eigenvalue weighted by Gasteiger charge is -2.40. The third-order valence-corrected chi connectivity index (χ3v) is 4.07. The van der Waals surface area contributed by atoms with E-state index in [0.29, 0.717) is 0 Å². The summed E-state index contributed by atoms with van der Waals surface area (Å²) in [6.45, 7) is 3.06. The van der Waals surface area contributed by atoms with Crippen molar-refractivity contribution in [2.45, 2.75) is 18.3 Å². The van der Waals surface area contributed by atoms with Crippen molar-refractivity contribution in [2.75, 3.05) is 33.9 Å². The molecule has 3 heteroatoms. The van der Waals surface area contributed by atoms with Gasteiger partial charge in [-0.1, -0.05) is 23.7 Å². The fourth-order valence-corrected chi connectivity index (χ4v) is 2.77. The van der Waals surface area contributed by atoms with Crippen LogP contribution in [0.3, 0.4) is 0 Å². The number of rotatable bonds is 3. The fraction of sp³-hybridized carbons (Fsp3) is 0.571. The highest BCUT2D eigenvalue weighted by atomic mass is 35.5. The van der Waals surface area contributed by atoms with Crippen molar-refractivity contribution in [2.24, 2.45) is 0 Å².